The quantitative estimate of drug-likeness (QED) is 0.228. The number of para-hydroxylation sites is 1. The van der Waals surface area contributed by atoms with Crippen LogP contribution < -0.4 is 19.8 Å². The first-order valence-electron chi connectivity index (χ1n) is 11.0. The van der Waals surface area contributed by atoms with Crippen molar-refractivity contribution in [2.24, 2.45) is 5.10 Å². The summed E-state index contributed by atoms with van der Waals surface area (Å²) in [5.41, 5.74) is 2.45. The summed E-state index contributed by atoms with van der Waals surface area (Å²) in [6.45, 7) is 1.46. The Balaban J connectivity index is 1.51. The van der Waals surface area contributed by atoms with Gasteiger partial charge in [0.2, 0.25) is 0 Å². The van der Waals surface area contributed by atoms with Crippen molar-refractivity contribution >= 4 is 56.6 Å². The molecule has 0 radical (unpaired) electrons. The molecule has 3 aromatic rings. The second-order valence-electron chi connectivity index (χ2n) is 7.87. The third-order valence-corrected chi connectivity index (χ3v) is 5.92. The highest BCUT2D eigenvalue weighted by molar-refractivity contribution is 9.10. The molecular weight excluding hydrogens is 544 g/mol. The van der Waals surface area contributed by atoms with E-state index in [0.717, 1.165) is 0 Å². The molecule has 3 aromatic carbocycles. The van der Waals surface area contributed by atoms with Crippen LogP contribution in [0.3, 0.4) is 0 Å². The third-order valence-electron chi connectivity index (χ3n) is 5.34. The van der Waals surface area contributed by atoms with E-state index in [1.807, 2.05) is 18.2 Å². The molecule has 0 aromatic heterocycles. The molecule has 1 aliphatic heterocycles. The van der Waals surface area contributed by atoms with Gasteiger partial charge in [0.1, 0.15) is 0 Å². The number of hydrogen-bond donors (Lipinski definition) is 1. The average Bonchev–Trinajstić information content (AvgIpc) is 3.16. The summed E-state index contributed by atoms with van der Waals surface area (Å²) in [4.78, 5) is 35.7. The van der Waals surface area contributed by atoms with Crippen LogP contribution in [0.15, 0.2) is 81.9 Å². The molecule has 188 valence electrons. The molecule has 0 atom stereocenters. The lowest BCUT2D eigenvalue weighted by molar-refractivity contribution is -0.384. The van der Waals surface area contributed by atoms with Gasteiger partial charge >= 0.3 is 0 Å². The lowest BCUT2D eigenvalue weighted by Crippen LogP contribution is -2.21. The lowest BCUT2D eigenvalue weighted by atomic mass is 10.1. The van der Waals surface area contributed by atoms with Gasteiger partial charge in [-0.1, -0.05) is 18.2 Å². The fraction of sp³-hybridized carbons (Fsp3) is 0.115. The molecule has 1 aliphatic rings. The van der Waals surface area contributed by atoms with Crippen molar-refractivity contribution in [3.8, 4) is 11.5 Å². The van der Waals surface area contributed by atoms with Crippen molar-refractivity contribution in [3.63, 3.8) is 0 Å². The third kappa shape index (κ3) is 5.84. The topological polar surface area (TPSA) is 123 Å². The van der Waals surface area contributed by atoms with Gasteiger partial charge in [-0.2, -0.15) is 10.1 Å². The summed E-state index contributed by atoms with van der Waals surface area (Å²) in [5, 5.41) is 19.2. The highest BCUT2D eigenvalue weighted by Gasteiger charge is 2.29. The number of halogens is 1. The molecule has 10 nitrogen and oxygen atoms in total. The zero-order chi connectivity index (χ0) is 26.5. The highest BCUT2D eigenvalue weighted by atomic mass is 79.9. The van der Waals surface area contributed by atoms with E-state index in [0.29, 0.717) is 44.2 Å². The van der Waals surface area contributed by atoms with Gasteiger partial charge < -0.3 is 14.8 Å². The van der Waals surface area contributed by atoms with E-state index in [4.69, 9.17) is 9.47 Å². The Morgan fingerprint density at radius 1 is 1.16 bits per heavy atom. The Morgan fingerprint density at radius 3 is 2.51 bits per heavy atom. The van der Waals surface area contributed by atoms with Crippen molar-refractivity contribution in [2.75, 3.05) is 24.0 Å². The number of carbonyl (C=O) groups excluding carboxylic acids is 2. The van der Waals surface area contributed by atoms with E-state index < -0.39 is 4.92 Å². The summed E-state index contributed by atoms with van der Waals surface area (Å²) in [6.07, 6.45) is 1.66. The summed E-state index contributed by atoms with van der Waals surface area (Å²) in [5.74, 6) is -0.00933. The van der Waals surface area contributed by atoms with Crippen molar-refractivity contribution < 1.29 is 24.0 Å². The number of hydrogen-bond acceptors (Lipinski definition) is 7. The first-order valence-corrected chi connectivity index (χ1v) is 11.8. The second-order valence-corrected chi connectivity index (χ2v) is 8.73. The van der Waals surface area contributed by atoms with Crippen LogP contribution in [0.5, 0.6) is 11.5 Å². The number of carbonyl (C=O) groups is 2. The number of nitrogens with zero attached hydrogens (tertiary/aromatic N) is 3. The molecule has 0 aliphatic carbocycles. The minimum Gasteiger partial charge on any atom is -0.493 e. The summed E-state index contributed by atoms with van der Waals surface area (Å²) < 4.78 is 11.7. The van der Waals surface area contributed by atoms with E-state index in [-0.39, 0.29) is 24.1 Å². The minimum absolute atomic E-state index is 0.0799. The minimum atomic E-state index is -0.510. The Bertz CT molecular complexity index is 1420. The van der Waals surface area contributed by atoms with Gasteiger partial charge in [0.05, 0.1) is 33.5 Å². The van der Waals surface area contributed by atoms with E-state index in [1.165, 1.54) is 36.4 Å². The predicted octanol–water partition coefficient (Wildman–Crippen LogP) is 5.19. The van der Waals surface area contributed by atoms with Crippen molar-refractivity contribution in [2.45, 2.75) is 6.92 Å². The van der Waals surface area contributed by atoms with Crippen LogP contribution in [-0.4, -0.2) is 36.2 Å². The van der Waals surface area contributed by atoms with Gasteiger partial charge in [0.15, 0.2) is 18.1 Å². The Morgan fingerprint density at radius 2 is 1.86 bits per heavy atom. The number of hydrazone groups is 1. The van der Waals surface area contributed by atoms with Crippen LogP contribution in [0.1, 0.15) is 12.5 Å². The standard InChI is InChI=1S/C26H21BrN4O6/c1-16-21(26(33)30(29-16)19-8-10-20(11-9-19)31(34)35)12-17-13-22(27)25(23(14-17)36-2)37-15-24(32)28-18-6-4-3-5-7-18/h3-14H,15H2,1-2H3,(H,28,32)/b21-12-. The number of nitrogens with one attached hydrogen (secondary N) is 1. The van der Waals surface area contributed by atoms with Crippen LogP contribution in [0.25, 0.3) is 6.08 Å². The molecule has 0 bridgehead atoms. The SMILES string of the molecule is COc1cc(/C=C2\C(=O)N(c3ccc([N+](=O)[O-])cc3)N=C2C)cc(Br)c1OCC(=O)Nc1ccccc1. The molecule has 11 heteroatoms. The lowest BCUT2D eigenvalue weighted by Gasteiger charge is -2.14. The number of anilines is 2. The first-order chi connectivity index (χ1) is 17.8. The number of methoxy groups -OCH3 is 1. The van der Waals surface area contributed by atoms with Crippen LogP contribution in [0.2, 0.25) is 0 Å². The largest absolute Gasteiger partial charge is 0.493 e. The molecule has 1 N–H and O–H groups in total. The molecule has 4 rings (SSSR count). The number of rotatable bonds is 8. The normalized spacial score (nSPS) is 13.9. The maximum absolute atomic E-state index is 13.1. The maximum atomic E-state index is 13.1. The van der Waals surface area contributed by atoms with Gasteiger partial charge in [0.25, 0.3) is 17.5 Å². The Kier molecular flexibility index (Phi) is 7.63. The zero-order valence-electron chi connectivity index (χ0n) is 19.8. The van der Waals surface area contributed by atoms with Gasteiger partial charge in [-0.05, 0) is 70.9 Å². The van der Waals surface area contributed by atoms with Gasteiger partial charge in [-0.3, -0.25) is 19.7 Å². The van der Waals surface area contributed by atoms with E-state index in [2.05, 4.69) is 26.3 Å². The molecule has 0 saturated carbocycles. The summed E-state index contributed by atoms with van der Waals surface area (Å²) >= 11 is 3.46. The molecule has 0 unspecified atom stereocenters. The molecule has 0 saturated heterocycles. The summed E-state index contributed by atoms with van der Waals surface area (Å²) in [6, 6.07) is 18.0. The maximum Gasteiger partial charge on any atom is 0.280 e. The first kappa shape index (κ1) is 25.6. The fourth-order valence-electron chi connectivity index (χ4n) is 3.56. The van der Waals surface area contributed by atoms with Crippen LogP contribution >= 0.6 is 15.9 Å². The number of nitro groups is 1. The van der Waals surface area contributed by atoms with Crippen LogP contribution in [0, 0.1) is 10.1 Å². The smallest absolute Gasteiger partial charge is 0.280 e. The molecular formula is C26H21BrN4O6. The van der Waals surface area contributed by atoms with Crippen LogP contribution in [0.4, 0.5) is 17.1 Å². The number of non-ortho nitro benzene ring substituents is 1. The highest BCUT2D eigenvalue weighted by Crippen LogP contribution is 2.38. The van der Waals surface area contributed by atoms with Crippen molar-refractivity contribution in [1.82, 2.24) is 0 Å². The molecule has 0 spiro atoms. The van der Waals surface area contributed by atoms with Crippen molar-refractivity contribution in [1.29, 1.82) is 0 Å². The summed E-state index contributed by atoms with van der Waals surface area (Å²) in [7, 11) is 1.47. The van der Waals surface area contributed by atoms with Gasteiger partial charge in [-0.25, -0.2) is 0 Å². The van der Waals surface area contributed by atoms with Crippen molar-refractivity contribution in [3.05, 3.63) is 92.5 Å². The molecule has 1 heterocycles. The second kappa shape index (κ2) is 11.0. The Hall–Kier alpha value is -4.51. The van der Waals surface area contributed by atoms with E-state index >= 15 is 0 Å². The van der Waals surface area contributed by atoms with E-state index in [1.54, 1.807) is 37.3 Å². The zero-order valence-corrected chi connectivity index (χ0v) is 21.4. The fourth-order valence-corrected chi connectivity index (χ4v) is 4.14. The number of nitro benzene ring substituents is 1. The average molecular weight is 565 g/mol. The van der Waals surface area contributed by atoms with Gasteiger partial charge in [0, 0.05) is 17.8 Å². The molecule has 0 fully saturated rings. The predicted molar refractivity (Wildman–Crippen MR) is 143 cm³/mol. The molecule has 37 heavy (non-hydrogen) atoms. The number of amides is 2. The number of ether oxygens (including phenoxy) is 2. The van der Waals surface area contributed by atoms with Gasteiger partial charge in [-0.15, -0.1) is 0 Å². The monoisotopic (exact) mass is 564 g/mol. The van der Waals surface area contributed by atoms with E-state index in [9.17, 15) is 19.7 Å². The molecule has 2 amide bonds. The van der Waals surface area contributed by atoms with Crippen LogP contribution in [-0.2, 0) is 9.59 Å². The number of benzene rings is 3. The Labute approximate surface area is 220 Å².